The fourth-order valence-corrected chi connectivity index (χ4v) is 2.31. The first-order valence-corrected chi connectivity index (χ1v) is 5.65. The predicted molar refractivity (Wildman–Crippen MR) is 60.6 cm³/mol. The van der Waals surface area contributed by atoms with Gasteiger partial charge in [-0.1, -0.05) is 0 Å². The molecule has 5 heteroatoms. The van der Waals surface area contributed by atoms with E-state index < -0.39 is 0 Å². The van der Waals surface area contributed by atoms with Gasteiger partial charge < -0.3 is 11.1 Å². The number of nitrogens with two attached hydrogens (primary N) is 1. The van der Waals surface area contributed by atoms with Crippen LogP contribution in [0.3, 0.4) is 0 Å². The molecule has 88 valence electrons. The summed E-state index contributed by atoms with van der Waals surface area (Å²) in [6.45, 7) is 0.874. The molecule has 1 fully saturated rings. The van der Waals surface area contributed by atoms with E-state index in [-0.39, 0.29) is 11.9 Å². The van der Waals surface area contributed by atoms with Crippen molar-refractivity contribution in [1.82, 2.24) is 15.1 Å². The summed E-state index contributed by atoms with van der Waals surface area (Å²) < 4.78 is 1.81. The molecule has 2 heterocycles. The molecule has 2 rings (SSSR count). The Balaban J connectivity index is 1.92. The Bertz CT molecular complexity index is 374. The second kappa shape index (κ2) is 4.65. The van der Waals surface area contributed by atoms with E-state index in [2.05, 4.69) is 10.4 Å². The smallest absolute Gasteiger partial charge is 0.234 e. The number of hydrogen-bond acceptors (Lipinski definition) is 3. The molecule has 5 nitrogen and oxygen atoms in total. The van der Waals surface area contributed by atoms with E-state index >= 15 is 0 Å². The Kier molecular flexibility index (Phi) is 3.24. The lowest BCUT2D eigenvalue weighted by Crippen LogP contribution is -2.47. The van der Waals surface area contributed by atoms with Gasteiger partial charge in [0.25, 0.3) is 0 Å². The van der Waals surface area contributed by atoms with Crippen molar-refractivity contribution >= 4 is 5.91 Å². The summed E-state index contributed by atoms with van der Waals surface area (Å²) in [5.41, 5.74) is 6.54. The van der Waals surface area contributed by atoms with Crippen molar-refractivity contribution in [3.05, 3.63) is 18.0 Å². The van der Waals surface area contributed by atoms with Gasteiger partial charge in [0.2, 0.25) is 5.91 Å². The van der Waals surface area contributed by atoms with Gasteiger partial charge in [-0.3, -0.25) is 9.48 Å². The number of aromatic nitrogens is 2. The zero-order chi connectivity index (χ0) is 11.5. The molecule has 0 radical (unpaired) electrons. The van der Waals surface area contributed by atoms with Crippen LogP contribution in [0.1, 0.15) is 18.4 Å². The predicted octanol–water partition coefficient (Wildman–Crippen LogP) is -0.184. The van der Waals surface area contributed by atoms with Gasteiger partial charge in [-0.25, -0.2) is 0 Å². The number of aryl methyl sites for hydroxylation is 1. The number of rotatable bonds is 3. The number of piperidine rings is 1. The van der Waals surface area contributed by atoms with E-state index in [0.29, 0.717) is 5.92 Å². The standard InChI is InChI=1S/C11H18N4O/c1-15-7-9(6-14-15)4-8-2-3-13-10(5-8)11(12)16/h6-8,10,13H,2-5H2,1H3,(H2,12,16). The minimum absolute atomic E-state index is 0.157. The number of carbonyl (C=O) groups is 1. The quantitative estimate of drug-likeness (QED) is 0.745. The van der Waals surface area contributed by atoms with Crippen LogP contribution in [0.5, 0.6) is 0 Å². The number of amides is 1. The second-order valence-corrected chi connectivity index (χ2v) is 4.53. The Morgan fingerprint density at radius 1 is 1.75 bits per heavy atom. The Morgan fingerprint density at radius 3 is 3.19 bits per heavy atom. The molecule has 1 aromatic heterocycles. The summed E-state index contributed by atoms with van der Waals surface area (Å²) in [5.74, 6) is 0.291. The highest BCUT2D eigenvalue weighted by Crippen LogP contribution is 2.20. The first-order valence-electron chi connectivity index (χ1n) is 5.65. The van der Waals surface area contributed by atoms with Crippen LogP contribution >= 0.6 is 0 Å². The van der Waals surface area contributed by atoms with E-state index in [0.717, 1.165) is 25.8 Å². The first-order chi connectivity index (χ1) is 7.65. The van der Waals surface area contributed by atoms with Gasteiger partial charge in [0.1, 0.15) is 0 Å². The maximum atomic E-state index is 11.1. The van der Waals surface area contributed by atoms with E-state index in [1.807, 2.05) is 24.1 Å². The highest BCUT2D eigenvalue weighted by molar-refractivity contribution is 5.79. The SMILES string of the molecule is Cn1cc(CC2CCNC(C(N)=O)C2)cn1. The molecule has 2 atom stereocenters. The molecular formula is C11H18N4O. The van der Waals surface area contributed by atoms with Crippen LogP contribution in [0.25, 0.3) is 0 Å². The van der Waals surface area contributed by atoms with E-state index in [4.69, 9.17) is 5.73 Å². The average molecular weight is 222 g/mol. The number of nitrogens with one attached hydrogen (secondary N) is 1. The van der Waals surface area contributed by atoms with Gasteiger partial charge >= 0.3 is 0 Å². The molecule has 0 saturated carbocycles. The Hall–Kier alpha value is -1.36. The molecule has 16 heavy (non-hydrogen) atoms. The summed E-state index contributed by atoms with van der Waals surface area (Å²) >= 11 is 0. The summed E-state index contributed by atoms with van der Waals surface area (Å²) in [6.07, 6.45) is 6.84. The minimum Gasteiger partial charge on any atom is -0.368 e. The third-order valence-corrected chi connectivity index (χ3v) is 3.14. The van der Waals surface area contributed by atoms with Crippen molar-refractivity contribution in [2.24, 2.45) is 18.7 Å². The normalized spacial score (nSPS) is 25.6. The van der Waals surface area contributed by atoms with Crippen molar-refractivity contribution in [3.63, 3.8) is 0 Å². The largest absolute Gasteiger partial charge is 0.368 e. The average Bonchev–Trinajstić information content (AvgIpc) is 2.64. The second-order valence-electron chi connectivity index (χ2n) is 4.53. The van der Waals surface area contributed by atoms with Gasteiger partial charge in [0.05, 0.1) is 12.2 Å². The first kappa shape index (κ1) is 11.1. The fourth-order valence-electron chi connectivity index (χ4n) is 2.31. The Labute approximate surface area is 95.0 Å². The van der Waals surface area contributed by atoms with Gasteiger partial charge in [-0.2, -0.15) is 5.10 Å². The number of nitrogens with zero attached hydrogens (tertiary/aromatic N) is 2. The maximum absolute atomic E-state index is 11.1. The lowest BCUT2D eigenvalue weighted by atomic mass is 9.88. The van der Waals surface area contributed by atoms with Crippen LogP contribution in [0.2, 0.25) is 0 Å². The van der Waals surface area contributed by atoms with Crippen molar-refractivity contribution in [2.75, 3.05) is 6.54 Å². The Morgan fingerprint density at radius 2 is 2.56 bits per heavy atom. The van der Waals surface area contributed by atoms with Gasteiger partial charge in [-0.15, -0.1) is 0 Å². The summed E-state index contributed by atoms with van der Waals surface area (Å²) in [5, 5.41) is 7.29. The van der Waals surface area contributed by atoms with Crippen molar-refractivity contribution in [3.8, 4) is 0 Å². The summed E-state index contributed by atoms with van der Waals surface area (Å²) in [6, 6.07) is -0.157. The minimum atomic E-state index is -0.240. The summed E-state index contributed by atoms with van der Waals surface area (Å²) in [4.78, 5) is 11.1. The monoisotopic (exact) mass is 222 g/mol. The summed E-state index contributed by atoms with van der Waals surface area (Å²) in [7, 11) is 1.91. The molecule has 0 spiro atoms. The topological polar surface area (TPSA) is 72.9 Å². The van der Waals surface area contributed by atoms with Crippen LogP contribution in [0.4, 0.5) is 0 Å². The van der Waals surface area contributed by atoms with Crippen molar-refractivity contribution in [2.45, 2.75) is 25.3 Å². The highest BCUT2D eigenvalue weighted by Gasteiger charge is 2.25. The van der Waals surface area contributed by atoms with Gasteiger partial charge in [-0.05, 0) is 37.3 Å². The molecule has 0 bridgehead atoms. The highest BCUT2D eigenvalue weighted by atomic mass is 16.1. The molecule has 3 N–H and O–H groups in total. The molecule has 1 aliphatic rings. The van der Waals surface area contributed by atoms with Crippen LogP contribution in [0, 0.1) is 5.92 Å². The lowest BCUT2D eigenvalue weighted by Gasteiger charge is -2.28. The van der Waals surface area contributed by atoms with Crippen molar-refractivity contribution < 1.29 is 4.79 Å². The van der Waals surface area contributed by atoms with Crippen LogP contribution in [-0.2, 0) is 18.3 Å². The van der Waals surface area contributed by atoms with E-state index in [9.17, 15) is 4.79 Å². The van der Waals surface area contributed by atoms with Crippen LogP contribution in [0.15, 0.2) is 12.4 Å². The molecular weight excluding hydrogens is 204 g/mol. The van der Waals surface area contributed by atoms with Crippen LogP contribution in [-0.4, -0.2) is 28.3 Å². The van der Waals surface area contributed by atoms with E-state index in [1.54, 1.807) is 0 Å². The molecule has 0 aliphatic carbocycles. The number of hydrogen-bond donors (Lipinski definition) is 2. The third kappa shape index (κ3) is 2.61. The molecule has 1 aliphatic heterocycles. The molecule has 1 aromatic rings. The maximum Gasteiger partial charge on any atom is 0.234 e. The van der Waals surface area contributed by atoms with Gasteiger partial charge in [0.15, 0.2) is 0 Å². The molecule has 2 unspecified atom stereocenters. The molecule has 1 amide bonds. The number of carbonyl (C=O) groups excluding carboxylic acids is 1. The lowest BCUT2D eigenvalue weighted by molar-refractivity contribution is -0.120. The van der Waals surface area contributed by atoms with Crippen LogP contribution < -0.4 is 11.1 Å². The zero-order valence-electron chi connectivity index (χ0n) is 9.52. The van der Waals surface area contributed by atoms with Crippen molar-refractivity contribution in [1.29, 1.82) is 0 Å². The third-order valence-electron chi connectivity index (χ3n) is 3.14. The zero-order valence-corrected chi connectivity index (χ0v) is 9.52. The fraction of sp³-hybridized carbons (Fsp3) is 0.636. The molecule has 0 aromatic carbocycles. The van der Waals surface area contributed by atoms with E-state index in [1.165, 1.54) is 5.56 Å². The van der Waals surface area contributed by atoms with Gasteiger partial charge in [0, 0.05) is 13.2 Å². The number of primary amides is 1. The molecule has 1 saturated heterocycles.